The van der Waals surface area contributed by atoms with Gasteiger partial charge in [-0.05, 0) is 61.7 Å². The van der Waals surface area contributed by atoms with Gasteiger partial charge in [-0.3, -0.25) is 4.79 Å². The van der Waals surface area contributed by atoms with Crippen molar-refractivity contribution in [2.75, 3.05) is 0 Å². The second-order valence-electron chi connectivity index (χ2n) is 8.39. The van der Waals surface area contributed by atoms with Crippen molar-refractivity contribution in [3.63, 3.8) is 0 Å². The summed E-state index contributed by atoms with van der Waals surface area (Å²) in [4.78, 5) is 12.3. The average Bonchev–Trinajstić information content (AvgIpc) is 2.74. The van der Waals surface area contributed by atoms with Crippen LogP contribution in [0.4, 0.5) is 0 Å². The molecule has 2 unspecified atom stereocenters. The fraction of sp³-hybridized carbons (Fsp3) is 0.842. The highest BCUT2D eigenvalue weighted by Gasteiger charge is 2.56. The Labute approximate surface area is 123 Å². The molecule has 0 radical (unpaired) electrons. The van der Waals surface area contributed by atoms with Gasteiger partial charge in [0.15, 0.2) is 0 Å². The highest BCUT2D eigenvalue weighted by atomic mass is 16.1. The minimum Gasteiger partial charge on any atom is -0.299 e. The molecule has 0 aliphatic heterocycles. The van der Waals surface area contributed by atoms with E-state index in [0.717, 1.165) is 31.1 Å². The zero-order valence-corrected chi connectivity index (χ0v) is 13.1. The molecule has 4 aliphatic carbocycles. The predicted octanol–water partition coefficient (Wildman–Crippen LogP) is 4.91. The third-order valence-corrected chi connectivity index (χ3v) is 7.65. The van der Waals surface area contributed by atoms with Gasteiger partial charge in [0.1, 0.15) is 5.78 Å². The second-order valence-corrected chi connectivity index (χ2v) is 8.39. The van der Waals surface area contributed by atoms with E-state index in [0.29, 0.717) is 17.1 Å². The van der Waals surface area contributed by atoms with Crippen LogP contribution in [-0.4, -0.2) is 5.78 Å². The average molecular weight is 272 g/mol. The molecule has 1 nitrogen and oxygen atoms in total. The number of carbonyl (C=O) groups excluding carboxylic acids is 1. The first kappa shape index (κ1) is 13.1. The van der Waals surface area contributed by atoms with E-state index in [9.17, 15) is 4.79 Å². The van der Waals surface area contributed by atoms with Crippen LogP contribution in [0.25, 0.3) is 0 Å². The molecule has 3 saturated carbocycles. The lowest BCUT2D eigenvalue weighted by Crippen LogP contribution is -2.46. The molecule has 5 atom stereocenters. The van der Waals surface area contributed by atoms with E-state index < -0.39 is 0 Å². The molecule has 0 saturated heterocycles. The molecule has 0 amide bonds. The highest BCUT2D eigenvalue weighted by Crippen LogP contribution is 2.63. The van der Waals surface area contributed by atoms with Crippen molar-refractivity contribution in [2.24, 2.45) is 28.6 Å². The number of fused-ring (bicyclic) bond motifs is 5. The number of ketones is 1. The molecular weight excluding hydrogens is 244 g/mol. The van der Waals surface area contributed by atoms with E-state index in [1.165, 1.54) is 38.5 Å². The van der Waals surface area contributed by atoms with Crippen molar-refractivity contribution in [1.82, 2.24) is 0 Å². The van der Waals surface area contributed by atoms with Crippen LogP contribution < -0.4 is 0 Å². The third-order valence-electron chi connectivity index (χ3n) is 7.65. The van der Waals surface area contributed by atoms with Crippen molar-refractivity contribution in [3.05, 3.63) is 11.6 Å². The fourth-order valence-corrected chi connectivity index (χ4v) is 6.34. The summed E-state index contributed by atoms with van der Waals surface area (Å²) in [5, 5.41) is 0. The summed E-state index contributed by atoms with van der Waals surface area (Å²) in [6.45, 7) is 4.81. The number of hydrogen-bond donors (Lipinski definition) is 0. The molecule has 3 fully saturated rings. The van der Waals surface area contributed by atoms with Crippen LogP contribution in [-0.2, 0) is 4.79 Å². The van der Waals surface area contributed by atoms with Crippen LogP contribution in [0.15, 0.2) is 11.6 Å². The SMILES string of the molecule is C[C@]12CC=C3C(CC[C@@H]4CCCC[C@]34C)C1CCC2=O. The maximum absolute atomic E-state index is 12.3. The lowest BCUT2D eigenvalue weighted by atomic mass is 9.49. The first-order valence-corrected chi connectivity index (χ1v) is 8.79. The lowest BCUT2D eigenvalue weighted by Gasteiger charge is -2.55. The van der Waals surface area contributed by atoms with Crippen molar-refractivity contribution in [1.29, 1.82) is 0 Å². The van der Waals surface area contributed by atoms with E-state index in [4.69, 9.17) is 0 Å². The molecule has 0 aromatic carbocycles. The molecule has 0 bridgehead atoms. The molecule has 0 spiro atoms. The van der Waals surface area contributed by atoms with Gasteiger partial charge in [0.25, 0.3) is 0 Å². The van der Waals surface area contributed by atoms with E-state index >= 15 is 0 Å². The minimum atomic E-state index is -0.00791. The van der Waals surface area contributed by atoms with Crippen LogP contribution in [0.2, 0.25) is 0 Å². The van der Waals surface area contributed by atoms with Gasteiger partial charge in [0, 0.05) is 11.8 Å². The number of Topliss-reactive ketones (excluding diaryl/α,β-unsaturated/α-hetero) is 1. The first-order valence-electron chi connectivity index (χ1n) is 8.79. The summed E-state index contributed by atoms with van der Waals surface area (Å²) >= 11 is 0. The Bertz CT molecular complexity index is 476. The summed E-state index contributed by atoms with van der Waals surface area (Å²) in [6, 6.07) is 0. The summed E-state index contributed by atoms with van der Waals surface area (Å²) in [5.41, 5.74) is 2.26. The van der Waals surface area contributed by atoms with Gasteiger partial charge in [-0.15, -0.1) is 0 Å². The molecule has 1 heteroatoms. The standard InChI is InChI=1S/C19H28O/c1-18-11-4-3-5-13(18)6-7-14-15-8-9-17(20)19(15,2)12-10-16(14)18/h10,13-15H,3-9,11-12H2,1-2H3/t13-,14?,15?,18-,19-/m0/s1. The molecule has 20 heavy (non-hydrogen) atoms. The summed E-state index contributed by atoms with van der Waals surface area (Å²) in [7, 11) is 0. The highest BCUT2D eigenvalue weighted by molar-refractivity contribution is 5.87. The van der Waals surface area contributed by atoms with Crippen LogP contribution in [0.5, 0.6) is 0 Å². The van der Waals surface area contributed by atoms with Crippen LogP contribution in [0, 0.1) is 28.6 Å². The Morgan fingerprint density at radius 1 is 1.05 bits per heavy atom. The van der Waals surface area contributed by atoms with E-state index in [-0.39, 0.29) is 5.41 Å². The molecule has 0 heterocycles. The maximum atomic E-state index is 12.3. The molecule has 0 N–H and O–H groups in total. The monoisotopic (exact) mass is 272 g/mol. The molecule has 110 valence electrons. The van der Waals surface area contributed by atoms with E-state index in [2.05, 4.69) is 19.9 Å². The van der Waals surface area contributed by atoms with Crippen LogP contribution in [0.1, 0.15) is 71.6 Å². The molecule has 0 aromatic rings. The zero-order chi connectivity index (χ0) is 14.0. The number of carbonyl (C=O) groups is 1. The molecule has 4 aliphatic rings. The first-order chi connectivity index (χ1) is 9.56. The van der Waals surface area contributed by atoms with Crippen LogP contribution in [0.3, 0.4) is 0 Å². The topological polar surface area (TPSA) is 17.1 Å². The molecular formula is C19H28O. The lowest BCUT2D eigenvalue weighted by molar-refractivity contribution is -0.127. The van der Waals surface area contributed by atoms with Crippen LogP contribution >= 0.6 is 0 Å². The third kappa shape index (κ3) is 1.53. The largest absolute Gasteiger partial charge is 0.299 e. The van der Waals surface area contributed by atoms with Gasteiger partial charge >= 0.3 is 0 Å². The van der Waals surface area contributed by atoms with Crippen molar-refractivity contribution < 1.29 is 4.79 Å². The fourth-order valence-electron chi connectivity index (χ4n) is 6.34. The smallest absolute Gasteiger partial charge is 0.139 e. The Morgan fingerprint density at radius 3 is 2.75 bits per heavy atom. The number of allylic oxidation sites excluding steroid dienone is 2. The normalized spacial score (nSPS) is 51.0. The van der Waals surface area contributed by atoms with Gasteiger partial charge in [-0.1, -0.05) is 38.3 Å². The van der Waals surface area contributed by atoms with E-state index in [1.807, 2.05) is 0 Å². The predicted molar refractivity (Wildman–Crippen MR) is 81.3 cm³/mol. The number of rotatable bonds is 0. The van der Waals surface area contributed by atoms with Gasteiger partial charge in [0.05, 0.1) is 0 Å². The molecule has 0 aromatic heterocycles. The van der Waals surface area contributed by atoms with Gasteiger partial charge in [-0.2, -0.15) is 0 Å². The summed E-state index contributed by atoms with van der Waals surface area (Å²) in [6.07, 6.45) is 14.1. The second kappa shape index (κ2) is 4.21. The quantitative estimate of drug-likeness (QED) is 0.573. The van der Waals surface area contributed by atoms with Crippen molar-refractivity contribution in [2.45, 2.75) is 71.6 Å². The Morgan fingerprint density at radius 2 is 1.90 bits per heavy atom. The number of hydrogen-bond acceptors (Lipinski definition) is 1. The Balaban J connectivity index is 1.74. The van der Waals surface area contributed by atoms with Gasteiger partial charge in [-0.25, -0.2) is 0 Å². The summed E-state index contributed by atoms with van der Waals surface area (Å²) < 4.78 is 0. The van der Waals surface area contributed by atoms with E-state index in [1.54, 1.807) is 5.57 Å². The zero-order valence-electron chi connectivity index (χ0n) is 13.1. The Kier molecular flexibility index (Phi) is 2.76. The Hall–Kier alpha value is -0.590. The van der Waals surface area contributed by atoms with Gasteiger partial charge in [0.2, 0.25) is 0 Å². The summed E-state index contributed by atoms with van der Waals surface area (Å²) in [5.74, 6) is 2.88. The van der Waals surface area contributed by atoms with Crippen molar-refractivity contribution >= 4 is 5.78 Å². The minimum absolute atomic E-state index is 0.00791. The molecule has 4 rings (SSSR count). The van der Waals surface area contributed by atoms with Crippen molar-refractivity contribution in [3.8, 4) is 0 Å². The maximum Gasteiger partial charge on any atom is 0.139 e. The van der Waals surface area contributed by atoms with Gasteiger partial charge < -0.3 is 0 Å².